The van der Waals surface area contributed by atoms with E-state index in [0.717, 1.165) is 15.3 Å². The monoisotopic (exact) mass is 351 g/mol. The number of nitriles is 1. The summed E-state index contributed by atoms with van der Waals surface area (Å²) in [4.78, 5) is 27.4. The van der Waals surface area contributed by atoms with Gasteiger partial charge in [-0.3, -0.25) is 14.9 Å². The summed E-state index contributed by atoms with van der Waals surface area (Å²) in [6, 6.07) is 11.6. The van der Waals surface area contributed by atoms with Gasteiger partial charge in [0.15, 0.2) is 0 Å². The van der Waals surface area contributed by atoms with Crippen LogP contribution in [0.4, 0.5) is 5.69 Å². The van der Waals surface area contributed by atoms with Crippen LogP contribution in [0.25, 0.3) is 22.4 Å². The molecule has 0 saturated heterocycles. The van der Waals surface area contributed by atoms with E-state index in [1.54, 1.807) is 29.5 Å². The normalized spacial score (nSPS) is 10.4. The molecule has 2 heterocycles. The number of rotatable bonds is 3. The maximum Gasteiger partial charge on any atom is 0.269 e. The number of H-pyrrole nitrogens is 1. The summed E-state index contributed by atoms with van der Waals surface area (Å²) in [7, 11) is 0. The van der Waals surface area contributed by atoms with Gasteiger partial charge in [-0.2, -0.15) is 5.26 Å². The molecule has 0 unspecified atom stereocenters. The van der Waals surface area contributed by atoms with Gasteiger partial charge in [0, 0.05) is 33.1 Å². The highest BCUT2D eigenvalue weighted by Gasteiger charge is 2.16. The zero-order valence-electron chi connectivity index (χ0n) is 13.5. The molecule has 25 heavy (non-hydrogen) atoms. The number of aryl methyl sites for hydroxylation is 2. The van der Waals surface area contributed by atoms with E-state index in [4.69, 9.17) is 0 Å². The summed E-state index contributed by atoms with van der Waals surface area (Å²) in [5.74, 6) is 0. The molecule has 1 N–H and O–H groups in total. The number of thiophene rings is 1. The van der Waals surface area contributed by atoms with Crippen molar-refractivity contribution in [2.45, 2.75) is 13.8 Å². The first kappa shape index (κ1) is 16.6. The third kappa shape index (κ3) is 3.07. The lowest BCUT2D eigenvalue weighted by molar-refractivity contribution is -0.384. The SMILES string of the molecule is Cc1cc(-c2cc(-c3ccc([N+](=O)[O-])cc3)[nH]c(=O)c2C#N)c(C)s1. The number of hydrogen-bond acceptors (Lipinski definition) is 5. The van der Waals surface area contributed by atoms with E-state index in [0.29, 0.717) is 16.8 Å². The number of non-ortho nitro benzene ring substituents is 1. The molecule has 3 aromatic rings. The lowest BCUT2D eigenvalue weighted by atomic mass is 9.99. The Morgan fingerprint density at radius 2 is 1.84 bits per heavy atom. The first-order valence-electron chi connectivity index (χ1n) is 7.40. The fraction of sp³-hybridized carbons (Fsp3) is 0.111. The summed E-state index contributed by atoms with van der Waals surface area (Å²) in [6.45, 7) is 3.92. The van der Waals surface area contributed by atoms with Gasteiger partial charge in [0.25, 0.3) is 11.2 Å². The fourth-order valence-corrected chi connectivity index (χ4v) is 3.64. The molecule has 0 atom stereocenters. The van der Waals surface area contributed by atoms with Crippen LogP contribution in [0.15, 0.2) is 41.2 Å². The van der Waals surface area contributed by atoms with Crippen LogP contribution >= 0.6 is 11.3 Å². The first-order chi connectivity index (χ1) is 11.9. The lowest BCUT2D eigenvalue weighted by Gasteiger charge is -2.08. The second kappa shape index (κ2) is 6.34. The van der Waals surface area contributed by atoms with Gasteiger partial charge >= 0.3 is 0 Å². The van der Waals surface area contributed by atoms with Gasteiger partial charge < -0.3 is 4.98 Å². The zero-order valence-corrected chi connectivity index (χ0v) is 14.3. The molecule has 0 aliphatic carbocycles. The van der Waals surface area contributed by atoms with Crippen molar-refractivity contribution in [3.8, 4) is 28.5 Å². The summed E-state index contributed by atoms with van der Waals surface area (Å²) in [6.07, 6.45) is 0. The predicted octanol–water partition coefficient (Wildman–Crippen LogP) is 4.17. The summed E-state index contributed by atoms with van der Waals surface area (Å²) >= 11 is 1.60. The highest BCUT2D eigenvalue weighted by Crippen LogP contribution is 2.33. The molecular weight excluding hydrogens is 338 g/mol. The Kier molecular flexibility index (Phi) is 4.21. The van der Waals surface area contributed by atoms with Gasteiger partial charge in [-0.1, -0.05) is 0 Å². The Labute approximate surface area is 147 Å². The van der Waals surface area contributed by atoms with Crippen LogP contribution in [0.2, 0.25) is 0 Å². The molecule has 2 aromatic heterocycles. The van der Waals surface area contributed by atoms with Crippen LogP contribution in [0.5, 0.6) is 0 Å². The number of pyridine rings is 1. The maximum atomic E-state index is 12.3. The average Bonchev–Trinajstić information content (AvgIpc) is 2.92. The number of nitrogens with one attached hydrogen (secondary N) is 1. The minimum absolute atomic E-state index is 0.0238. The Morgan fingerprint density at radius 1 is 1.16 bits per heavy atom. The molecule has 0 radical (unpaired) electrons. The van der Waals surface area contributed by atoms with Gasteiger partial charge in [0.2, 0.25) is 0 Å². The maximum absolute atomic E-state index is 12.3. The van der Waals surface area contributed by atoms with E-state index in [2.05, 4.69) is 4.98 Å². The standard InChI is InChI=1S/C18H13N3O3S/c1-10-7-14(11(2)25-10)15-8-17(20-18(22)16(15)9-19)12-3-5-13(6-4-12)21(23)24/h3-8H,1-2H3,(H,20,22). The van der Waals surface area contributed by atoms with E-state index >= 15 is 0 Å². The number of aromatic nitrogens is 1. The van der Waals surface area contributed by atoms with Crippen molar-refractivity contribution < 1.29 is 4.92 Å². The third-order valence-corrected chi connectivity index (χ3v) is 4.83. The average molecular weight is 351 g/mol. The van der Waals surface area contributed by atoms with E-state index in [-0.39, 0.29) is 11.3 Å². The van der Waals surface area contributed by atoms with Gasteiger partial charge in [0.1, 0.15) is 11.6 Å². The van der Waals surface area contributed by atoms with Crippen molar-refractivity contribution in [3.05, 3.63) is 72.2 Å². The molecule has 0 spiro atoms. The lowest BCUT2D eigenvalue weighted by Crippen LogP contribution is -2.12. The predicted molar refractivity (Wildman–Crippen MR) is 96.7 cm³/mol. The number of nitrogens with zero attached hydrogens (tertiary/aromatic N) is 2. The highest BCUT2D eigenvalue weighted by molar-refractivity contribution is 7.12. The molecular formula is C18H13N3O3S. The second-order valence-electron chi connectivity index (χ2n) is 5.54. The molecule has 124 valence electrons. The van der Waals surface area contributed by atoms with Crippen molar-refractivity contribution in [2.24, 2.45) is 0 Å². The largest absolute Gasteiger partial charge is 0.321 e. The van der Waals surface area contributed by atoms with Crippen molar-refractivity contribution in [2.75, 3.05) is 0 Å². The number of benzene rings is 1. The van der Waals surface area contributed by atoms with Crippen LogP contribution in [0, 0.1) is 35.3 Å². The molecule has 0 aliphatic heterocycles. The molecule has 3 rings (SSSR count). The Balaban J connectivity index is 2.20. The van der Waals surface area contributed by atoms with E-state index in [9.17, 15) is 20.2 Å². The van der Waals surface area contributed by atoms with E-state index < -0.39 is 10.5 Å². The minimum atomic E-state index is -0.478. The Hall–Kier alpha value is -3.24. The van der Waals surface area contributed by atoms with Crippen LogP contribution < -0.4 is 5.56 Å². The topological polar surface area (TPSA) is 99.8 Å². The van der Waals surface area contributed by atoms with Crippen LogP contribution in [-0.2, 0) is 0 Å². The van der Waals surface area contributed by atoms with E-state index in [1.807, 2.05) is 26.0 Å². The van der Waals surface area contributed by atoms with Crippen LogP contribution in [-0.4, -0.2) is 9.91 Å². The van der Waals surface area contributed by atoms with Crippen LogP contribution in [0.3, 0.4) is 0 Å². The molecule has 1 aromatic carbocycles. The molecule has 0 bridgehead atoms. The number of aromatic amines is 1. The third-order valence-electron chi connectivity index (χ3n) is 3.87. The Morgan fingerprint density at radius 3 is 2.36 bits per heavy atom. The summed E-state index contributed by atoms with van der Waals surface area (Å²) in [5.41, 5.74) is 2.14. The second-order valence-corrected chi connectivity index (χ2v) is 7.00. The van der Waals surface area contributed by atoms with Crippen molar-refractivity contribution in [3.63, 3.8) is 0 Å². The first-order valence-corrected chi connectivity index (χ1v) is 8.22. The smallest absolute Gasteiger partial charge is 0.269 e. The fourth-order valence-electron chi connectivity index (χ4n) is 2.70. The molecule has 7 heteroatoms. The molecule has 0 saturated carbocycles. The summed E-state index contributed by atoms with van der Waals surface area (Å²) in [5, 5.41) is 20.2. The van der Waals surface area contributed by atoms with Gasteiger partial charge in [-0.15, -0.1) is 11.3 Å². The van der Waals surface area contributed by atoms with Crippen molar-refractivity contribution >= 4 is 17.0 Å². The molecule has 6 nitrogen and oxygen atoms in total. The quantitative estimate of drug-likeness (QED) is 0.565. The molecule has 0 amide bonds. The Bertz CT molecular complexity index is 1070. The van der Waals surface area contributed by atoms with Crippen molar-refractivity contribution in [1.82, 2.24) is 4.98 Å². The van der Waals surface area contributed by atoms with E-state index in [1.165, 1.54) is 12.1 Å². The number of nitro groups is 1. The zero-order chi connectivity index (χ0) is 18.1. The summed E-state index contributed by atoms with van der Waals surface area (Å²) < 4.78 is 0. The minimum Gasteiger partial charge on any atom is -0.321 e. The van der Waals surface area contributed by atoms with Gasteiger partial charge in [-0.25, -0.2) is 0 Å². The van der Waals surface area contributed by atoms with Gasteiger partial charge in [0.05, 0.1) is 4.92 Å². The number of hydrogen-bond donors (Lipinski definition) is 1. The van der Waals surface area contributed by atoms with Crippen molar-refractivity contribution in [1.29, 1.82) is 5.26 Å². The van der Waals surface area contributed by atoms with Gasteiger partial charge in [-0.05, 0) is 49.2 Å². The molecule has 0 fully saturated rings. The number of nitro benzene ring substituents is 1. The highest BCUT2D eigenvalue weighted by atomic mass is 32.1. The van der Waals surface area contributed by atoms with Crippen LogP contribution in [0.1, 0.15) is 15.3 Å². The molecule has 0 aliphatic rings.